The van der Waals surface area contributed by atoms with Crippen molar-refractivity contribution in [3.8, 4) is 0 Å². The molecule has 0 aliphatic carbocycles. The van der Waals surface area contributed by atoms with Crippen molar-refractivity contribution in [2.75, 3.05) is 13.1 Å². The summed E-state index contributed by atoms with van der Waals surface area (Å²) in [5, 5.41) is 0. The zero-order chi connectivity index (χ0) is 10.7. The number of benzene rings is 1. The van der Waals surface area contributed by atoms with Crippen LogP contribution in [0.25, 0.3) is 0 Å². The summed E-state index contributed by atoms with van der Waals surface area (Å²) in [5.74, 6) is -0.167. The Balaban J connectivity index is 1.95. The quantitative estimate of drug-likeness (QED) is 0.727. The molecule has 3 heteroatoms. The van der Waals surface area contributed by atoms with E-state index in [1.807, 2.05) is 6.07 Å². The Bertz CT molecular complexity index is 319. The summed E-state index contributed by atoms with van der Waals surface area (Å²) in [6, 6.07) is 6.78. The molecule has 0 spiro atoms. The molecule has 0 unspecified atom stereocenters. The monoisotopic (exact) mass is 211 g/mol. The van der Waals surface area contributed by atoms with Crippen LogP contribution in [0, 0.1) is 5.82 Å². The van der Waals surface area contributed by atoms with Crippen molar-refractivity contribution in [1.29, 1.82) is 0 Å². The molecular formula is C12H15F2N. The highest BCUT2D eigenvalue weighted by Gasteiger charge is 2.18. The van der Waals surface area contributed by atoms with Crippen LogP contribution in [0.1, 0.15) is 18.4 Å². The van der Waals surface area contributed by atoms with Gasteiger partial charge >= 0.3 is 0 Å². The molecule has 2 rings (SSSR count). The lowest BCUT2D eigenvalue weighted by atomic mass is 10.1. The number of hydrogen-bond acceptors (Lipinski definition) is 1. The predicted molar refractivity (Wildman–Crippen MR) is 55.8 cm³/mol. The van der Waals surface area contributed by atoms with E-state index in [-0.39, 0.29) is 5.82 Å². The fraction of sp³-hybridized carbons (Fsp3) is 0.500. The van der Waals surface area contributed by atoms with Gasteiger partial charge in [-0.15, -0.1) is 0 Å². The highest BCUT2D eigenvalue weighted by molar-refractivity contribution is 5.17. The van der Waals surface area contributed by atoms with Gasteiger partial charge in [-0.1, -0.05) is 18.2 Å². The topological polar surface area (TPSA) is 3.24 Å². The minimum atomic E-state index is -0.665. The highest BCUT2D eigenvalue weighted by Crippen LogP contribution is 2.17. The second kappa shape index (κ2) is 4.71. The number of nitrogens with zero attached hydrogens (tertiary/aromatic N) is 1. The molecule has 1 heterocycles. The van der Waals surface area contributed by atoms with Crippen LogP contribution in [0.5, 0.6) is 0 Å². The van der Waals surface area contributed by atoms with E-state index in [0.717, 1.165) is 13.1 Å². The second-order valence-corrected chi connectivity index (χ2v) is 4.04. The summed E-state index contributed by atoms with van der Waals surface area (Å²) >= 11 is 0. The van der Waals surface area contributed by atoms with Gasteiger partial charge in [0.1, 0.15) is 12.0 Å². The SMILES string of the molecule is Fc1ccccc1CN1CCC(F)CC1. The fourth-order valence-corrected chi connectivity index (χ4v) is 1.93. The smallest absolute Gasteiger partial charge is 0.127 e. The summed E-state index contributed by atoms with van der Waals surface area (Å²) in [5.41, 5.74) is 0.704. The van der Waals surface area contributed by atoms with Crippen molar-refractivity contribution in [2.45, 2.75) is 25.6 Å². The maximum absolute atomic E-state index is 13.3. The molecule has 1 aliphatic heterocycles. The molecule has 15 heavy (non-hydrogen) atoms. The molecule has 1 aromatic carbocycles. The summed E-state index contributed by atoms with van der Waals surface area (Å²) in [4.78, 5) is 2.11. The molecule has 0 radical (unpaired) electrons. The predicted octanol–water partition coefficient (Wildman–Crippen LogP) is 2.76. The maximum atomic E-state index is 13.3. The summed E-state index contributed by atoms with van der Waals surface area (Å²) < 4.78 is 26.2. The molecule has 1 aliphatic rings. The van der Waals surface area contributed by atoms with Crippen molar-refractivity contribution in [1.82, 2.24) is 4.90 Å². The van der Waals surface area contributed by atoms with Gasteiger partial charge in [-0.05, 0) is 18.9 Å². The minimum Gasteiger partial charge on any atom is -0.299 e. The summed E-state index contributed by atoms with van der Waals surface area (Å²) in [7, 11) is 0. The molecule has 82 valence electrons. The lowest BCUT2D eigenvalue weighted by Crippen LogP contribution is -2.34. The van der Waals surface area contributed by atoms with Crippen LogP contribution in [0.2, 0.25) is 0 Å². The number of alkyl halides is 1. The van der Waals surface area contributed by atoms with Crippen LogP contribution in [-0.4, -0.2) is 24.2 Å². The van der Waals surface area contributed by atoms with E-state index in [1.165, 1.54) is 6.07 Å². The first-order valence-electron chi connectivity index (χ1n) is 5.35. The fourth-order valence-electron chi connectivity index (χ4n) is 1.93. The molecule has 0 saturated carbocycles. The van der Waals surface area contributed by atoms with E-state index >= 15 is 0 Å². The zero-order valence-electron chi connectivity index (χ0n) is 8.63. The van der Waals surface area contributed by atoms with Gasteiger partial charge in [0.2, 0.25) is 0 Å². The molecule has 0 N–H and O–H groups in total. The van der Waals surface area contributed by atoms with Gasteiger partial charge in [0.25, 0.3) is 0 Å². The third-order valence-corrected chi connectivity index (χ3v) is 2.87. The van der Waals surface area contributed by atoms with Crippen LogP contribution in [-0.2, 0) is 6.54 Å². The Morgan fingerprint density at radius 2 is 1.87 bits per heavy atom. The van der Waals surface area contributed by atoms with Crippen molar-refractivity contribution < 1.29 is 8.78 Å². The number of hydrogen-bond donors (Lipinski definition) is 0. The molecule has 1 saturated heterocycles. The molecular weight excluding hydrogens is 196 g/mol. The Kier molecular flexibility index (Phi) is 3.31. The average Bonchev–Trinajstić information content (AvgIpc) is 2.25. The molecule has 1 nitrogen and oxygen atoms in total. The number of likely N-dealkylation sites (tertiary alicyclic amines) is 1. The lowest BCUT2D eigenvalue weighted by Gasteiger charge is -2.28. The highest BCUT2D eigenvalue weighted by atomic mass is 19.1. The molecule has 1 aromatic rings. The Hall–Kier alpha value is -0.960. The largest absolute Gasteiger partial charge is 0.299 e. The molecule has 0 amide bonds. The van der Waals surface area contributed by atoms with Crippen LogP contribution < -0.4 is 0 Å². The van der Waals surface area contributed by atoms with E-state index in [2.05, 4.69) is 4.90 Å². The van der Waals surface area contributed by atoms with Gasteiger partial charge in [-0.2, -0.15) is 0 Å². The second-order valence-electron chi connectivity index (χ2n) is 4.04. The van der Waals surface area contributed by atoms with Crippen LogP contribution in [0.3, 0.4) is 0 Å². The summed E-state index contributed by atoms with van der Waals surface area (Å²) in [6.45, 7) is 2.06. The third kappa shape index (κ3) is 2.75. The van der Waals surface area contributed by atoms with Gasteiger partial charge < -0.3 is 0 Å². The van der Waals surface area contributed by atoms with E-state index in [0.29, 0.717) is 24.9 Å². The number of halogens is 2. The first-order valence-corrected chi connectivity index (χ1v) is 5.35. The standard InChI is InChI=1S/C12H15F2N/c13-11-5-7-15(8-6-11)9-10-3-1-2-4-12(10)14/h1-4,11H,5-9H2. The number of rotatable bonds is 2. The molecule has 0 aromatic heterocycles. The van der Waals surface area contributed by atoms with E-state index in [9.17, 15) is 8.78 Å². The normalized spacial score (nSPS) is 19.3. The zero-order valence-corrected chi connectivity index (χ0v) is 8.63. The molecule has 1 fully saturated rings. The third-order valence-electron chi connectivity index (χ3n) is 2.87. The lowest BCUT2D eigenvalue weighted by molar-refractivity contribution is 0.144. The van der Waals surface area contributed by atoms with Crippen molar-refractivity contribution >= 4 is 0 Å². The van der Waals surface area contributed by atoms with Crippen molar-refractivity contribution in [3.05, 3.63) is 35.6 Å². The Morgan fingerprint density at radius 1 is 1.20 bits per heavy atom. The molecule has 0 bridgehead atoms. The van der Waals surface area contributed by atoms with E-state index in [4.69, 9.17) is 0 Å². The van der Waals surface area contributed by atoms with Crippen molar-refractivity contribution in [2.24, 2.45) is 0 Å². The van der Waals surface area contributed by atoms with E-state index < -0.39 is 6.17 Å². The summed E-state index contributed by atoms with van der Waals surface area (Å²) in [6.07, 6.45) is 0.491. The van der Waals surface area contributed by atoms with Gasteiger partial charge in [-0.25, -0.2) is 8.78 Å². The number of piperidine rings is 1. The Labute approximate surface area is 88.7 Å². The van der Waals surface area contributed by atoms with Gasteiger partial charge in [0.15, 0.2) is 0 Å². The van der Waals surface area contributed by atoms with Crippen LogP contribution in [0.15, 0.2) is 24.3 Å². The van der Waals surface area contributed by atoms with Gasteiger partial charge in [-0.3, -0.25) is 4.90 Å². The molecule has 0 atom stereocenters. The maximum Gasteiger partial charge on any atom is 0.127 e. The van der Waals surface area contributed by atoms with Crippen LogP contribution >= 0.6 is 0 Å². The van der Waals surface area contributed by atoms with E-state index in [1.54, 1.807) is 12.1 Å². The average molecular weight is 211 g/mol. The minimum absolute atomic E-state index is 0.167. The Morgan fingerprint density at radius 3 is 2.53 bits per heavy atom. The first-order chi connectivity index (χ1) is 7.25. The van der Waals surface area contributed by atoms with Crippen molar-refractivity contribution in [3.63, 3.8) is 0 Å². The van der Waals surface area contributed by atoms with Gasteiger partial charge in [0, 0.05) is 25.2 Å². The first kappa shape index (κ1) is 10.6. The van der Waals surface area contributed by atoms with Gasteiger partial charge in [0.05, 0.1) is 0 Å². The van der Waals surface area contributed by atoms with Crippen LogP contribution in [0.4, 0.5) is 8.78 Å².